The third-order valence-electron chi connectivity index (χ3n) is 1.35. The van der Waals surface area contributed by atoms with Gasteiger partial charge in [0.1, 0.15) is 0 Å². The fraction of sp³-hybridized carbons (Fsp3) is 0.286. The first-order valence-electron chi connectivity index (χ1n) is 3.72. The van der Waals surface area contributed by atoms with Crippen molar-refractivity contribution < 1.29 is 0 Å². The van der Waals surface area contributed by atoms with Gasteiger partial charge in [-0.05, 0) is 0 Å². The molecule has 0 aliphatic rings. The van der Waals surface area contributed by atoms with Gasteiger partial charge in [0.15, 0.2) is 5.13 Å². The van der Waals surface area contributed by atoms with Crippen LogP contribution in [0.1, 0.15) is 4.88 Å². The molecule has 0 saturated carbocycles. The molecule has 0 aromatic carbocycles. The molecule has 1 aromatic rings. The fourth-order valence-corrected chi connectivity index (χ4v) is 1.50. The molecule has 0 bridgehead atoms. The van der Waals surface area contributed by atoms with Crippen LogP contribution in [0.2, 0.25) is 0 Å². The second kappa shape index (κ2) is 4.11. The molecule has 1 rings (SSSR count). The molecule has 1 heterocycles. The van der Waals surface area contributed by atoms with E-state index in [2.05, 4.69) is 10.3 Å². The van der Waals surface area contributed by atoms with Crippen molar-refractivity contribution in [1.29, 1.82) is 0 Å². The predicted octanol–water partition coefficient (Wildman–Crippen LogP) is 0.247. The monoisotopic (exact) mass is 199 g/mol. The number of nitrogens with zero attached hydrogens (tertiary/aromatic N) is 2. The van der Waals surface area contributed by atoms with Gasteiger partial charge in [0.2, 0.25) is 0 Å². The largest absolute Gasteiger partial charge is 0.396 e. The summed E-state index contributed by atoms with van der Waals surface area (Å²) in [4.78, 5) is 4.99. The summed E-state index contributed by atoms with van der Waals surface area (Å²) in [5.41, 5.74) is 6.36. The summed E-state index contributed by atoms with van der Waals surface area (Å²) < 4.78 is 0. The number of thiazole rings is 1. The highest BCUT2D eigenvalue weighted by molar-refractivity contribution is 7.16. The summed E-state index contributed by atoms with van der Waals surface area (Å²) in [6.07, 6.45) is 3.36. The van der Waals surface area contributed by atoms with E-state index in [1.807, 2.05) is 7.05 Å². The fourth-order valence-electron chi connectivity index (χ4n) is 0.806. The lowest BCUT2D eigenvalue weighted by atomic mass is 10.4. The van der Waals surface area contributed by atoms with Gasteiger partial charge < -0.3 is 16.1 Å². The average Bonchev–Trinajstić information content (AvgIpc) is 2.50. The van der Waals surface area contributed by atoms with Crippen LogP contribution in [0.5, 0.6) is 0 Å². The maximum Gasteiger partial charge on any atom is 0.182 e. The molecule has 72 valence electrons. The molecule has 0 radical (unpaired) electrons. The summed E-state index contributed by atoms with van der Waals surface area (Å²) in [6, 6.07) is 0. The molecule has 13 heavy (non-hydrogen) atoms. The molecule has 5 N–H and O–H groups in total. The first-order valence-corrected chi connectivity index (χ1v) is 4.54. The van der Waals surface area contributed by atoms with Crippen LogP contribution in [0.15, 0.2) is 12.4 Å². The van der Waals surface area contributed by atoms with Crippen LogP contribution in [0.4, 0.5) is 5.13 Å². The number of hydrogen-bond donors (Lipinski definition) is 3. The summed E-state index contributed by atoms with van der Waals surface area (Å²) in [7, 11) is 3.53. The Bertz CT molecular complexity index is 304. The van der Waals surface area contributed by atoms with Gasteiger partial charge in [-0.3, -0.25) is 0 Å². The molecule has 0 aliphatic heterocycles. The Morgan fingerprint density at radius 2 is 2.46 bits per heavy atom. The van der Waals surface area contributed by atoms with E-state index in [-0.39, 0.29) is 0 Å². The molecule has 0 fully saturated rings. The van der Waals surface area contributed by atoms with Crippen LogP contribution < -0.4 is 16.9 Å². The third kappa shape index (κ3) is 2.60. The number of rotatable bonds is 3. The van der Waals surface area contributed by atoms with Crippen molar-refractivity contribution in [1.82, 2.24) is 9.99 Å². The van der Waals surface area contributed by atoms with Gasteiger partial charge in [-0.15, -0.1) is 0 Å². The molecule has 0 aliphatic carbocycles. The maximum absolute atomic E-state index is 5.75. The standard InChI is InChI=1S/C7H13N5S/c1-10-7-11-3-6(13-7)5(8)4-12(2)9/h3-4H,8-9H2,1-2H3,(H,10,11)/b5-4-. The summed E-state index contributed by atoms with van der Waals surface area (Å²) in [6.45, 7) is 0. The number of aromatic nitrogens is 1. The molecule has 0 atom stereocenters. The molecular formula is C7H13N5S. The highest BCUT2D eigenvalue weighted by Gasteiger charge is 2.02. The Kier molecular flexibility index (Phi) is 3.10. The molecular weight excluding hydrogens is 186 g/mol. The Morgan fingerprint density at radius 1 is 1.77 bits per heavy atom. The van der Waals surface area contributed by atoms with Crippen LogP contribution in [0.25, 0.3) is 5.70 Å². The van der Waals surface area contributed by atoms with E-state index < -0.39 is 0 Å². The van der Waals surface area contributed by atoms with E-state index in [0.29, 0.717) is 5.70 Å². The smallest absolute Gasteiger partial charge is 0.182 e. The quantitative estimate of drug-likeness (QED) is 0.480. The van der Waals surface area contributed by atoms with Gasteiger partial charge in [0, 0.05) is 26.5 Å². The maximum atomic E-state index is 5.75. The second-order valence-corrected chi connectivity index (χ2v) is 3.56. The van der Waals surface area contributed by atoms with E-state index in [1.54, 1.807) is 19.4 Å². The van der Waals surface area contributed by atoms with Crippen molar-refractivity contribution in [2.24, 2.45) is 11.6 Å². The van der Waals surface area contributed by atoms with E-state index in [1.165, 1.54) is 16.3 Å². The topological polar surface area (TPSA) is 80.2 Å². The van der Waals surface area contributed by atoms with Crippen molar-refractivity contribution in [3.05, 3.63) is 17.3 Å². The van der Waals surface area contributed by atoms with Crippen LogP contribution >= 0.6 is 11.3 Å². The predicted molar refractivity (Wildman–Crippen MR) is 55.8 cm³/mol. The first-order chi connectivity index (χ1) is 6.13. The number of anilines is 1. The van der Waals surface area contributed by atoms with Crippen LogP contribution in [-0.4, -0.2) is 24.1 Å². The second-order valence-electron chi connectivity index (χ2n) is 2.53. The SMILES string of the molecule is CNc1ncc(/C(N)=C/N(C)N)s1. The Balaban J connectivity index is 2.82. The Hall–Kier alpha value is -1.27. The molecule has 0 saturated heterocycles. The average molecular weight is 199 g/mol. The van der Waals surface area contributed by atoms with Crippen molar-refractivity contribution >= 4 is 22.2 Å². The zero-order chi connectivity index (χ0) is 9.84. The summed E-state index contributed by atoms with van der Waals surface area (Å²) >= 11 is 1.49. The minimum Gasteiger partial charge on any atom is -0.396 e. The number of nitrogens with two attached hydrogens (primary N) is 2. The minimum atomic E-state index is 0.615. The van der Waals surface area contributed by atoms with Gasteiger partial charge in [0.05, 0.1) is 10.6 Å². The zero-order valence-electron chi connectivity index (χ0n) is 7.61. The van der Waals surface area contributed by atoms with E-state index in [0.717, 1.165) is 10.0 Å². The van der Waals surface area contributed by atoms with Gasteiger partial charge in [-0.2, -0.15) is 0 Å². The summed E-state index contributed by atoms with van der Waals surface area (Å²) in [5, 5.41) is 5.19. The van der Waals surface area contributed by atoms with Crippen LogP contribution in [-0.2, 0) is 0 Å². The van der Waals surface area contributed by atoms with Crippen molar-refractivity contribution in [3.8, 4) is 0 Å². The number of nitrogens with one attached hydrogen (secondary N) is 1. The van der Waals surface area contributed by atoms with Crippen molar-refractivity contribution in [2.45, 2.75) is 0 Å². The molecule has 1 aromatic heterocycles. The lowest BCUT2D eigenvalue weighted by molar-refractivity contribution is 0.486. The molecule has 0 spiro atoms. The van der Waals surface area contributed by atoms with E-state index >= 15 is 0 Å². The molecule has 5 nitrogen and oxygen atoms in total. The normalized spacial score (nSPS) is 11.5. The van der Waals surface area contributed by atoms with Gasteiger partial charge in [0.25, 0.3) is 0 Å². The van der Waals surface area contributed by atoms with Crippen molar-refractivity contribution in [3.63, 3.8) is 0 Å². The first kappa shape index (κ1) is 9.82. The lowest BCUT2D eigenvalue weighted by Gasteiger charge is -2.05. The Morgan fingerprint density at radius 3 is 2.92 bits per heavy atom. The van der Waals surface area contributed by atoms with E-state index in [9.17, 15) is 0 Å². The number of hydrogen-bond acceptors (Lipinski definition) is 6. The van der Waals surface area contributed by atoms with E-state index in [4.69, 9.17) is 11.6 Å². The van der Waals surface area contributed by atoms with Gasteiger partial charge in [-0.25, -0.2) is 10.8 Å². The highest BCUT2D eigenvalue weighted by atomic mass is 32.1. The molecule has 6 heteroatoms. The molecule has 0 amide bonds. The third-order valence-corrected chi connectivity index (χ3v) is 2.41. The zero-order valence-corrected chi connectivity index (χ0v) is 8.43. The number of hydrazine groups is 1. The van der Waals surface area contributed by atoms with Crippen LogP contribution in [0, 0.1) is 0 Å². The van der Waals surface area contributed by atoms with Crippen LogP contribution in [0.3, 0.4) is 0 Å². The minimum absolute atomic E-state index is 0.615. The Labute approximate surface area is 81.0 Å². The molecule has 0 unspecified atom stereocenters. The van der Waals surface area contributed by atoms with Gasteiger partial charge >= 0.3 is 0 Å². The summed E-state index contributed by atoms with van der Waals surface area (Å²) in [5.74, 6) is 5.42. The van der Waals surface area contributed by atoms with Gasteiger partial charge in [-0.1, -0.05) is 11.3 Å². The highest BCUT2D eigenvalue weighted by Crippen LogP contribution is 2.21. The lowest BCUT2D eigenvalue weighted by Crippen LogP contribution is -2.20. The van der Waals surface area contributed by atoms with Crippen molar-refractivity contribution in [2.75, 3.05) is 19.4 Å².